The summed E-state index contributed by atoms with van der Waals surface area (Å²) in [7, 11) is -8.79. The Morgan fingerprint density at radius 2 is 1.94 bits per heavy atom. The topological polar surface area (TPSA) is 135 Å². The van der Waals surface area contributed by atoms with Crippen LogP contribution in [-0.2, 0) is 29.4 Å². The van der Waals surface area contributed by atoms with Crippen LogP contribution in [0.3, 0.4) is 0 Å². The molecule has 0 atom stereocenters. The highest BCUT2D eigenvalue weighted by Crippen LogP contribution is 2.20. The molecule has 0 aliphatic carbocycles. The second kappa shape index (κ2) is 4.04. The standard InChI is InChI=1S/C7H7NO7S2/c1-2-16(12,13)7(11)5-3-4(6(9)10)8-17(5,14)15/h3H,2H2,1H3,(H,9,10). The molecule has 0 aromatic heterocycles. The zero-order valence-electron chi connectivity index (χ0n) is 8.44. The summed E-state index contributed by atoms with van der Waals surface area (Å²) in [6.07, 6.45) is 0.438. The molecule has 0 unspecified atom stereocenters. The quantitative estimate of drug-likeness (QED) is 0.679. The molecule has 1 N–H and O–H groups in total. The summed E-state index contributed by atoms with van der Waals surface area (Å²) >= 11 is 0. The first kappa shape index (κ1) is 13.5. The lowest BCUT2D eigenvalue weighted by Crippen LogP contribution is -2.21. The number of aliphatic carboxylic acids is 1. The Bertz CT molecular complexity index is 650. The van der Waals surface area contributed by atoms with Crippen LogP contribution < -0.4 is 0 Å². The Morgan fingerprint density at radius 1 is 1.41 bits per heavy atom. The number of sulfone groups is 1. The molecule has 1 aliphatic heterocycles. The molecule has 94 valence electrons. The van der Waals surface area contributed by atoms with Gasteiger partial charge in [-0.3, -0.25) is 4.79 Å². The van der Waals surface area contributed by atoms with E-state index in [2.05, 4.69) is 4.40 Å². The van der Waals surface area contributed by atoms with Crippen molar-refractivity contribution in [3.63, 3.8) is 0 Å². The van der Waals surface area contributed by atoms with Crippen molar-refractivity contribution in [1.82, 2.24) is 0 Å². The molecular formula is C7H7NO7S2. The highest BCUT2D eigenvalue weighted by atomic mass is 32.2. The molecule has 1 heterocycles. The Morgan fingerprint density at radius 3 is 2.29 bits per heavy atom. The number of carboxylic acids is 1. The summed E-state index contributed by atoms with van der Waals surface area (Å²) in [6, 6.07) is 0. The van der Waals surface area contributed by atoms with Crippen LogP contribution in [0, 0.1) is 0 Å². The predicted octanol–water partition coefficient (Wildman–Crippen LogP) is -1.30. The molecule has 0 saturated heterocycles. The Kier molecular flexibility index (Phi) is 3.21. The first-order chi connectivity index (χ1) is 7.62. The van der Waals surface area contributed by atoms with Crippen LogP contribution in [-0.4, -0.2) is 44.5 Å². The summed E-state index contributed by atoms with van der Waals surface area (Å²) in [5.41, 5.74) is -0.889. The van der Waals surface area contributed by atoms with E-state index in [0.29, 0.717) is 6.08 Å². The molecule has 0 bridgehead atoms. The number of carbonyl (C=O) groups is 2. The molecule has 8 nitrogen and oxygen atoms in total. The third-order valence-corrected chi connectivity index (χ3v) is 4.82. The number of carboxylic acid groups (broad SMARTS) is 1. The van der Waals surface area contributed by atoms with E-state index in [0.717, 1.165) is 6.92 Å². The number of carbonyl (C=O) groups excluding carboxylic acids is 1. The average Bonchev–Trinajstić information content (AvgIpc) is 2.53. The summed E-state index contributed by atoms with van der Waals surface area (Å²) in [6.45, 7) is 1.16. The lowest BCUT2D eigenvalue weighted by molar-refractivity contribution is -0.129. The maximum atomic E-state index is 11.4. The Hall–Kier alpha value is -1.55. The molecule has 17 heavy (non-hydrogen) atoms. The Labute approximate surface area is 96.6 Å². The van der Waals surface area contributed by atoms with E-state index in [1.54, 1.807) is 0 Å². The van der Waals surface area contributed by atoms with E-state index in [1.807, 2.05) is 0 Å². The van der Waals surface area contributed by atoms with E-state index in [4.69, 9.17) is 5.11 Å². The van der Waals surface area contributed by atoms with Gasteiger partial charge in [-0.25, -0.2) is 13.2 Å². The first-order valence-electron chi connectivity index (χ1n) is 4.19. The summed E-state index contributed by atoms with van der Waals surface area (Å²) in [5.74, 6) is -2.24. The fourth-order valence-corrected chi connectivity index (χ4v) is 3.24. The SMILES string of the molecule is CCS(=O)(=O)C(=O)C1=CC(C(=O)O)=NS1(=O)=O. The van der Waals surface area contributed by atoms with E-state index < -0.39 is 47.3 Å². The van der Waals surface area contributed by atoms with Crippen molar-refractivity contribution in [2.75, 3.05) is 5.75 Å². The van der Waals surface area contributed by atoms with Crippen molar-refractivity contribution in [2.45, 2.75) is 6.92 Å². The van der Waals surface area contributed by atoms with Crippen molar-refractivity contribution >= 4 is 36.7 Å². The summed E-state index contributed by atoms with van der Waals surface area (Å²) in [5, 5.41) is 6.87. The number of nitrogens with zero attached hydrogens (tertiary/aromatic N) is 1. The van der Waals surface area contributed by atoms with Gasteiger partial charge in [0.25, 0.3) is 15.1 Å². The van der Waals surface area contributed by atoms with Crippen molar-refractivity contribution < 1.29 is 31.5 Å². The second-order valence-corrected chi connectivity index (χ2v) is 6.71. The van der Waals surface area contributed by atoms with Crippen LogP contribution in [0.4, 0.5) is 0 Å². The van der Waals surface area contributed by atoms with Gasteiger partial charge in [-0.05, 0) is 6.08 Å². The zero-order chi connectivity index (χ0) is 13.4. The van der Waals surface area contributed by atoms with Gasteiger partial charge in [-0.2, -0.15) is 12.8 Å². The molecule has 0 aromatic carbocycles. The first-order valence-corrected chi connectivity index (χ1v) is 7.28. The molecule has 1 rings (SSSR count). The van der Waals surface area contributed by atoms with E-state index in [-0.39, 0.29) is 0 Å². The van der Waals surface area contributed by atoms with Gasteiger partial charge in [0.05, 0.1) is 5.75 Å². The number of sulfonamides is 1. The highest BCUT2D eigenvalue weighted by molar-refractivity contribution is 8.10. The maximum absolute atomic E-state index is 11.4. The van der Waals surface area contributed by atoms with Gasteiger partial charge < -0.3 is 5.11 Å². The lowest BCUT2D eigenvalue weighted by Gasteiger charge is -1.99. The van der Waals surface area contributed by atoms with Crippen molar-refractivity contribution in [2.24, 2.45) is 4.40 Å². The molecule has 1 aliphatic rings. The minimum absolute atomic E-state index is 0.438. The number of hydrogen-bond acceptors (Lipinski definition) is 6. The highest BCUT2D eigenvalue weighted by Gasteiger charge is 2.38. The summed E-state index contributed by atoms with van der Waals surface area (Å²) < 4.78 is 47.7. The van der Waals surface area contributed by atoms with E-state index in [9.17, 15) is 26.4 Å². The van der Waals surface area contributed by atoms with E-state index in [1.165, 1.54) is 0 Å². The van der Waals surface area contributed by atoms with Crippen molar-refractivity contribution in [3.8, 4) is 0 Å². The third-order valence-electron chi connectivity index (χ3n) is 1.85. The van der Waals surface area contributed by atoms with Crippen LogP contribution in [0.5, 0.6) is 0 Å². The minimum Gasteiger partial charge on any atom is -0.476 e. The minimum atomic E-state index is -4.53. The van der Waals surface area contributed by atoms with Gasteiger partial charge in [0.2, 0.25) is 9.84 Å². The summed E-state index contributed by atoms with van der Waals surface area (Å²) in [4.78, 5) is 20.7. The van der Waals surface area contributed by atoms with Crippen LogP contribution in [0.1, 0.15) is 6.92 Å². The fraction of sp³-hybridized carbons (Fsp3) is 0.286. The normalized spacial score (nSPS) is 18.4. The Balaban J connectivity index is 3.34. The van der Waals surface area contributed by atoms with Gasteiger partial charge in [0, 0.05) is 0 Å². The molecule has 10 heteroatoms. The molecule has 0 spiro atoms. The van der Waals surface area contributed by atoms with Gasteiger partial charge >= 0.3 is 5.97 Å². The molecule has 0 aromatic rings. The van der Waals surface area contributed by atoms with Crippen molar-refractivity contribution in [1.29, 1.82) is 0 Å². The van der Waals surface area contributed by atoms with Gasteiger partial charge in [-0.15, -0.1) is 0 Å². The van der Waals surface area contributed by atoms with Gasteiger partial charge in [0.1, 0.15) is 0 Å². The van der Waals surface area contributed by atoms with Crippen LogP contribution in [0.2, 0.25) is 0 Å². The number of hydrogen-bond donors (Lipinski definition) is 1. The maximum Gasteiger partial charge on any atom is 0.355 e. The largest absolute Gasteiger partial charge is 0.476 e. The average molecular weight is 281 g/mol. The molecular weight excluding hydrogens is 274 g/mol. The van der Waals surface area contributed by atoms with Crippen LogP contribution in [0.15, 0.2) is 15.4 Å². The van der Waals surface area contributed by atoms with Gasteiger partial charge in [0.15, 0.2) is 10.6 Å². The van der Waals surface area contributed by atoms with Crippen LogP contribution >= 0.6 is 0 Å². The predicted molar refractivity (Wildman–Crippen MR) is 56.5 cm³/mol. The van der Waals surface area contributed by atoms with Crippen molar-refractivity contribution in [3.05, 3.63) is 11.0 Å². The molecule has 0 fully saturated rings. The number of rotatable bonds is 3. The third kappa shape index (κ3) is 2.42. The monoisotopic (exact) mass is 281 g/mol. The van der Waals surface area contributed by atoms with Crippen LogP contribution in [0.25, 0.3) is 0 Å². The van der Waals surface area contributed by atoms with Gasteiger partial charge in [-0.1, -0.05) is 6.92 Å². The molecule has 0 saturated carbocycles. The second-order valence-electron chi connectivity index (χ2n) is 2.96. The lowest BCUT2D eigenvalue weighted by atomic mass is 10.3. The smallest absolute Gasteiger partial charge is 0.355 e. The molecule has 0 amide bonds. The van der Waals surface area contributed by atoms with E-state index >= 15 is 0 Å². The fourth-order valence-electron chi connectivity index (χ4n) is 0.953. The molecule has 0 radical (unpaired) electrons. The zero-order valence-corrected chi connectivity index (χ0v) is 10.1.